The number of nitrogens with one attached hydrogen (secondary N) is 1. The van der Waals surface area contributed by atoms with Crippen LogP contribution in [0.4, 0.5) is 0 Å². The van der Waals surface area contributed by atoms with E-state index >= 15 is 0 Å². The van der Waals surface area contributed by atoms with Crippen molar-refractivity contribution >= 4 is 0 Å². The number of ether oxygens (including phenoxy) is 2. The summed E-state index contributed by atoms with van der Waals surface area (Å²) in [5.74, 6) is 1.79. The number of benzene rings is 1. The third-order valence-corrected chi connectivity index (χ3v) is 4.09. The molecule has 2 rings (SSSR count). The topological polar surface area (TPSA) is 33.7 Å². The van der Waals surface area contributed by atoms with Gasteiger partial charge in [0.2, 0.25) is 0 Å². The Hall–Kier alpha value is -1.26. The lowest BCUT2D eigenvalue weighted by molar-refractivity contribution is 0.259. The van der Waals surface area contributed by atoms with Crippen LogP contribution in [0, 0.1) is 0 Å². The van der Waals surface area contributed by atoms with Crippen molar-refractivity contribution in [1.82, 2.24) is 10.2 Å². The first-order valence-electron chi connectivity index (χ1n) is 7.44. The van der Waals surface area contributed by atoms with Crippen LogP contribution in [0.3, 0.4) is 0 Å². The van der Waals surface area contributed by atoms with Gasteiger partial charge in [0.15, 0.2) is 0 Å². The Bertz CT molecular complexity index is 423. The maximum absolute atomic E-state index is 5.40. The summed E-state index contributed by atoms with van der Waals surface area (Å²) in [6.07, 6.45) is 2.62. The molecular formula is C16H26N2O2. The first-order valence-corrected chi connectivity index (χ1v) is 7.44. The van der Waals surface area contributed by atoms with Crippen molar-refractivity contribution in [2.45, 2.75) is 32.4 Å². The van der Waals surface area contributed by atoms with Crippen LogP contribution in [0.25, 0.3) is 0 Å². The number of methoxy groups -OCH3 is 2. The van der Waals surface area contributed by atoms with Crippen LogP contribution >= 0.6 is 0 Å². The van der Waals surface area contributed by atoms with E-state index in [1.165, 1.54) is 19.4 Å². The van der Waals surface area contributed by atoms with Gasteiger partial charge in [-0.2, -0.15) is 0 Å². The lowest BCUT2D eigenvalue weighted by atomic mass is 10.1. The van der Waals surface area contributed by atoms with Crippen LogP contribution in [-0.2, 0) is 6.54 Å². The van der Waals surface area contributed by atoms with Gasteiger partial charge in [-0.25, -0.2) is 0 Å². The average Bonchev–Trinajstić information content (AvgIpc) is 2.94. The van der Waals surface area contributed by atoms with Crippen molar-refractivity contribution in [1.29, 1.82) is 0 Å². The first-order chi connectivity index (χ1) is 9.78. The minimum Gasteiger partial charge on any atom is -0.497 e. The minimum absolute atomic E-state index is 0.677. The van der Waals surface area contributed by atoms with Crippen molar-refractivity contribution in [3.63, 3.8) is 0 Å². The molecule has 0 saturated carbocycles. The highest BCUT2D eigenvalue weighted by Gasteiger charge is 2.22. The summed E-state index contributed by atoms with van der Waals surface area (Å²) < 4.78 is 10.7. The molecule has 1 aromatic carbocycles. The zero-order valence-corrected chi connectivity index (χ0v) is 12.8. The van der Waals surface area contributed by atoms with Gasteiger partial charge in [0.25, 0.3) is 0 Å². The summed E-state index contributed by atoms with van der Waals surface area (Å²) in [7, 11) is 3.40. The average molecular weight is 278 g/mol. The third-order valence-electron chi connectivity index (χ3n) is 4.09. The molecule has 1 aliphatic heterocycles. The van der Waals surface area contributed by atoms with Gasteiger partial charge >= 0.3 is 0 Å². The second-order valence-electron chi connectivity index (χ2n) is 5.23. The largest absolute Gasteiger partial charge is 0.497 e. The number of nitrogens with zero attached hydrogens (tertiary/aromatic N) is 1. The number of rotatable bonds is 7. The first kappa shape index (κ1) is 15.1. The maximum atomic E-state index is 5.40. The number of likely N-dealkylation sites (tertiary alicyclic amines) is 1. The highest BCUT2D eigenvalue weighted by Crippen LogP contribution is 2.24. The number of likely N-dealkylation sites (N-methyl/N-ethyl adjacent to an activating group) is 1. The second-order valence-corrected chi connectivity index (χ2v) is 5.23. The van der Waals surface area contributed by atoms with Gasteiger partial charge in [-0.05, 0) is 44.1 Å². The molecule has 4 heteroatoms. The summed E-state index contributed by atoms with van der Waals surface area (Å²) in [5, 5.41) is 3.56. The fourth-order valence-electron chi connectivity index (χ4n) is 2.94. The van der Waals surface area contributed by atoms with Crippen molar-refractivity contribution in [3.8, 4) is 11.5 Å². The number of hydrogen-bond donors (Lipinski definition) is 1. The Balaban J connectivity index is 1.89. The van der Waals surface area contributed by atoms with Crippen LogP contribution in [0.1, 0.15) is 25.3 Å². The molecule has 20 heavy (non-hydrogen) atoms. The van der Waals surface area contributed by atoms with E-state index in [-0.39, 0.29) is 0 Å². The highest BCUT2D eigenvalue weighted by atomic mass is 16.5. The van der Waals surface area contributed by atoms with Gasteiger partial charge < -0.3 is 14.8 Å². The fraction of sp³-hybridized carbons (Fsp3) is 0.625. The summed E-state index contributed by atoms with van der Waals surface area (Å²) in [4.78, 5) is 2.55. The minimum atomic E-state index is 0.677. The van der Waals surface area contributed by atoms with Gasteiger partial charge in [0.1, 0.15) is 11.5 Å². The van der Waals surface area contributed by atoms with Crippen LogP contribution < -0.4 is 14.8 Å². The molecule has 1 atom stereocenters. The van der Waals surface area contributed by atoms with E-state index in [1.807, 2.05) is 18.2 Å². The predicted molar refractivity (Wildman–Crippen MR) is 81.5 cm³/mol. The molecule has 1 aromatic rings. The molecular weight excluding hydrogens is 252 g/mol. The van der Waals surface area contributed by atoms with Crippen molar-refractivity contribution < 1.29 is 9.47 Å². The molecule has 4 nitrogen and oxygen atoms in total. The monoisotopic (exact) mass is 278 g/mol. The van der Waals surface area contributed by atoms with Gasteiger partial charge in [0.05, 0.1) is 14.2 Å². The standard InChI is InChI=1S/C16H26N2O2/c1-4-18-9-5-6-14(18)12-17-11-13-10-15(19-2)7-8-16(13)20-3/h7-8,10,14,17H,4-6,9,11-12H2,1-3H3. The Morgan fingerprint density at radius 1 is 1.30 bits per heavy atom. The molecule has 1 unspecified atom stereocenters. The Morgan fingerprint density at radius 3 is 2.85 bits per heavy atom. The quantitative estimate of drug-likeness (QED) is 0.829. The smallest absolute Gasteiger partial charge is 0.123 e. The Morgan fingerprint density at radius 2 is 2.15 bits per heavy atom. The molecule has 0 aliphatic carbocycles. The molecule has 0 amide bonds. The van der Waals surface area contributed by atoms with Crippen LogP contribution in [-0.4, -0.2) is 44.8 Å². The van der Waals surface area contributed by atoms with Gasteiger partial charge in [-0.3, -0.25) is 4.90 Å². The van der Waals surface area contributed by atoms with E-state index in [4.69, 9.17) is 9.47 Å². The molecule has 0 spiro atoms. The van der Waals surface area contributed by atoms with Crippen molar-refractivity contribution in [2.24, 2.45) is 0 Å². The molecule has 1 heterocycles. The predicted octanol–water partition coefficient (Wildman–Crippen LogP) is 2.28. The molecule has 1 saturated heterocycles. The van der Waals surface area contributed by atoms with E-state index in [2.05, 4.69) is 17.1 Å². The summed E-state index contributed by atoms with van der Waals surface area (Å²) in [6, 6.07) is 6.61. The lowest BCUT2D eigenvalue weighted by Gasteiger charge is -2.23. The molecule has 0 bridgehead atoms. The zero-order chi connectivity index (χ0) is 14.4. The maximum Gasteiger partial charge on any atom is 0.123 e. The molecule has 0 aromatic heterocycles. The summed E-state index contributed by atoms with van der Waals surface area (Å²) in [6.45, 7) is 6.48. The summed E-state index contributed by atoms with van der Waals surface area (Å²) >= 11 is 0. The van der Waals surface area contributed by atoms with Crippen LogP contribution in [0.15, 0.2) is 18.2 Å². The van der Waals surface area contributed by atoms with Gasteiger partial charge in [-0.15, -0.1) is 0 Å². The SMILES string of the molecule is CCN1CCCC1CNCc1cc(OC)ccc1OC. The number of hydrogen-bond acceptors (Lipinski definition) is 4. The lowest BCUT2D eigenvalue weighted by Crippen LogP contribution is -2.37. The fourth-order valence-corrected chi connectivity index (χ4v) is 2.94. The molecule has 1 aliphatic rings. The third kappa shape index (κ3) is 3.64. The highest BCUT2D eigenvalue weighted by molar-refractivity contribution is 5.40. The van der Waals surface area contributed by atoms with E-state index in [0.29, 0.717) is 6.04 Å². The molecule has 1 fully saturated rings. The van der Waals surface area contributed by atoms with E-state index in [1.54, 1.807) is 14.2 Å². The van der Waals surface area contributed by atoms with Gasteiger partial charge in [0, 0.05) is 24.7 Å². The van der Waals surface area contributed by atoms with E-state index in [0.717, 1.165) is 36.7 Å². The molecule has 1 N–H and O–H groups in total. The van der Waals surface area contributed by atoms with Gasteiger partial charge in [-0.1, -0.05) is 6.92 Å². The van der Waals surface area contributed by atoms with Crippen LogP contribution in [0.5, 0.6) is 11.5 Å². The Kier molecular flexibility index (Phi) is 5.68. The van der Waals surface area contributed by atoms with E-state index in [9.17, 15) is 0 Å². The second kappa shape index (κ2) is 7.50. The van der Waals surface area contributed by atoms with Crippen LogP contribution in [0.2, 0.25) is 0 Å². The molecule has 112 valence electrons. The van der Waals surface area contributed by atoms with E-state index < -0.39 is 0 Å². The summed E-state index contributed by atoms with van der Waals surface area (Å²) in [5.41, 5.74) is 1.15. The normalized spacial score (nSPS) is 19.2. The van der Waals surface area contributed by atoms with Crippen molar-refractivity contribution in [3.05, 3.63) is 23.8 Å². The molecule has 0 radical (unpaired) electrons. The zero-order valence-electron chi connectivity index (χ0n) is 12.8. The Labute approximate surface area is 122 Å². The van der Waals surface area contributed by atoms with Crippen molar-refractivity contribution in [2.75, 3.05) is 33.9 Å².